The van der Waals surface area contributed by atoms with Gasteiger partial charge in [-0.05, 0) is 49.1 Å². The van der Waals surface area contributed by atoms with Crippen molar-refractivity contribution in [2.75, 3.05) is 31.9 Å². The third-order valence-corrected chi connectivity index (χ3v) is 13.6. The van der Waals surface area contributed by atoms with Gasteiger partial charge in [-0.25, -0.2) is 25.6 Å². The topological polar surface area (TPSA) is 101 Å². The number of nitrogens with one attached hydrogen (secondary N) is 1. The number of carbonyl (C=O) groups excluding carboxylic acids is 1. The van der Waals surface area contributed by atoms with E-state index in [1.807, 2.05) is 0 Å². The van der Waals surface area contributed by atoms with Crippen molar-refractivity contribution < 1.29 is 56.8 Å². The summed E-state index contributed by atoms with van der Waals surface area (Å²) in [5, 5.41) is 2.11. The van der Waals surface area contributed by atoms with Crippen LogP contribution in [0.2, 0.25) is 0 Å². The highest BCUT2D eigenvalue weighted by Gasteiger charge is 2.73. The first-order valence-corrected chi connectivity index (χ1v) is 16.6. The number of rotatable bonds is 5. The fraction of sp³-hybridized carbons (Fsp3) is 0.519. The molecule has 5 rings (SSSR count). The number of hydrogen-bond acceptors (Lipinski definition) is 6. The molecule has 3 atom stereocenters. The Morgan fingerprint density at radius 1 is 0.909 bits per heavy atom. The predicted molar refractivity (Wildman–Crippen MR) is 140 cm³/mol. The lowest BCUT2D eigenvalue weighted by atomic mass is 9.76. The first kappa shape index (κ1) is 32.6. The minimum absolute atomic E-state index is 0.00244. The Morgan fingerprint density at radius 3 is 2.07 bits per heavy atom. The van der Waals surface area contributed by atoms with Gasteiger partial charge in [0.25, 0.3) is 0 Å². The molecule has 2 aromatic rings. The van der Waals surface area contributed by atoms with Gasteiger partial charge >= 0.3 is 18.0 Å². The van der Waals surface area contributed by atoms with E-state index in [1.165, 1.54) is 4.90 Å². The molecule has 0 saturated carbocycles. The highest BCUT2D eigenvalue weighted by atomic mass is 32.2. The lowest BCUT2D eigenvalue weighted by Crippen LogP contribution is -2.60. The van der Waals surface area contributed by atoms with Crippen LogP contribution in [0.25, 0.3) is 0 Å². The van der Waals surface area contributed by atoms with Crippen molar-refractivity contribution in [1.82, 2.24) is 10.2 Å². The summed E-state index contributed by atoms with van der Waals surface area (Å²) in [6.07, 6.45) is -13.2. The highest BCUT2D eigenvalue weighted by Crippen LogP contribution is 2.54. The second-order valence-corrected chi connectivity index (χ2v) is 16.2. The van der Waals surface area contributed by atoms with Gasteiger partial charge in [-0.2, -0.15) is 26.3 Å². The molecular formula is C27H26F8N2O5S2. The number of fused-ring (bicyclic) bond motifs is 2. The molecule has 2 bridgehead atoms. The summed E-state index contributed by atoms with van der Waals surface area (Å²) in [5.41, 5.74) is -9.05. The number of benzene rings is 2. The molecule has 3 heterocycles. The number of hydrogen-bond donors (Lipinski definition) is 1. The Bertz CT molecular complexity index is 1650. The summed E-state index contributed by atoms with van der Waals surface area (Å²) >= 11 is 0. The summed E-state index contributed by atoms with van der Waals surface area (Å²) < 4.78 is 160. The molecule has 0 spiro atoms. The molecule has 3 aliphatic rings. The van der Waals surface area contributed by atoms with Crippen LogP contribution in [-0.4, -0.2) is 77.2 Å². The maximum atomic E-state index is 14.7. The molecule has 0 aliphatic carbocycles. The van der Waals surface area contributed by atoms with Crippen molar-refractivity contribution >= 4 is 25.6 Å². The number of sulfone groups is 2. The van der Waals surface area contributed by atoms with E-state index in [0.717, 1.165) is 24.3 Å². The summed E-state index contributed by atoms with van der Waals surface area (Å²) in [4.78, 5) is 14.7. The number of piperidine rings is 1. The summed E-state index contributed by atoms with van der Waals surface area (Å²) in [6, 6.07) is 5.30. The maximum Gasteiger partial charge on any atom is 0.435 e. The fourth-order valence-electron chi connectivity index (χ4n) is 6.50. The Labute approximate surface area is 247 Å². The second kappa shape index (κ2) is 10.4. The van der Waals surface area contributed by atoms with Gasteiger partial charge in [-0.3, -0.25) is 4.79 Å². The largest absolute Gasteiger partial charge is 0.435 e. The molecule has 2 unspecified atom stereocenters. The fourth-order valence-corrected chi connectivity index (χ4v) is 10.5. The van der Waals surface area contributed by atoms with E-state index in [0.29, 0.717) is 12.1 Å². The Kier molecular flexibility index (Phi) is 7.68. The van der Waals surface area contributed by atoms with Crippen LogP contribution in [0.5, 0.6) is 0 Å². The summed E-state index contributed by atoms with van der Waals surface area (Å²) in [6.45, 7) is -0.547. The van der Waals surface area contributed by atoms with Gasteiger partial charge in [0.05, 0.1) is 21.3 Å². The Hall–Kier alpha value is -2.79. The minimum atomic E-state index is -6.39. The molecule has 3 saturated heterocycles. The molecule has 17 heteroatoms. The van der Waals surface area contributed by atoms with Gasteiger partial charge in [0, 0.05) is 31.7 Å². The van der Waals surface area contributed by atoms with Crippen LogP contribution in [0.4, 0.5) is 35.1 Å². The van der Waals surface area contributed by atoms with Crippen molar-refractivity contribution in [3.05, 3.63) is 65.5 Å². The molecule has 3 fully saturated rings. The first-order chi connectivity index (χ1) is 20.2. The Balaban J connectivity index is 1.58. The van der Waals surface area contributed by atoms with Gasteiger partial charge in [0.1, 0.15) is 10.6 Å². The van der Waals surface area contributed by atoms with Gasteiger partial charge in [0.15, 0.2) is 19.7 Å². The molecule has 0 radical (unpaired) electrons. The summed E-state index contributed by atoms with van der Waals surface area (Å²) in [5.74, 6) is -1.59. The molecule has 0 aromatic heterocycles. The first-order valence-electron chi connectivity index (χ1n) is 13.4. The van der Waals surface area contributed by atoms with Crippen molar-refractivity contribution in [3.63, 3.8) is 0 Å². The van der Waals surface area contributed by atoms with Crippen LogP contribution in [0.3, 0.4) is 0 Å². The molecule has 2 aromatic carbocycles. The van der Waals surface area contributed by atoms with E-state index in [2.05, 4.69) is 5.32 Å². The molecule has 1 N–H and O–H groups in total. The molecule has 1 amide bonds. The molecule has 242 valence electrons. The average molecular weight is 675 g/mol. The maximum absolute atomic E-state index is 14.7. The van der Waals surface area contributed by atoms with Crippen LogP contribution < -0.4 is 5.32 Å². The van der Waals surface area contributed by atoms with Crippen LogP contribution in [0.1, 0.15) is 30.4 Å². The number of nitrogens with zero attached hydrogens (tertiary/aromatic N) is 1. The van der Waals surface area contributed by atoms with E-state index >= 15 is 0 Å². The lowest BCUT2D eigenvalue weighted by Gasteiger charge is -2.45. The van der Waals surface area contributed by atoms with Crippen LogP contribution in [0.15, 0.2) is 53.4 Å². The molecule has 44 heavy (non-hydrogen) atoms. The number of amides is 1. The van der Waals surface area contributed by atoms with Crippen molar-refractivity contribution in [1.29, 1.82) is 0 Å². The van der Waals surface area contributed by atoms with E-state index < -0.39 is 81.8 Å². The Morgan fingerprint density at radius 2 is 1.50 bits per heavy atom. The minimum Gasteiger partial charge on any atom is -0.340 e. The average Bonchev–Trinajstić information content (AvgIpc) is 3.41. The van der Waals surface area contributed by atoms with Gasteiger partial charge in [0.2, 0.25) is 5.91 Å². The van der Waals surface area contributed by atoms with E-state index in [-0.39, 0.29) is 62.3 Å². The number of likely N-dealkylation sites (tertiary alicyclic amines) is 1. The standard InChI is InChI=1S/C27H26F8N2O5S2/c28-19-5-7-20(8-6-19)44(41,42)24(17-1-3-18(4-2-17)25(29,26(30,31)32)27(33,34)35)9-11-37(16-24)22(38)23-10-12-43(39,40)21(13-23)14-36-15-23/h1-8,21,36H,9-16H2/t21?,23?,24-/m0/s1. The number of alkyl halides is 7. The van der Waals surface area contributed by atoms with Gasteiger partial charge < -0.3 is 10.2 Å². The van der Waals surface area contributed by atoms with Crippen LogP contribution in [0, 0.1) is 11.2 Å². The van der Waals surface area contributed by atoms with E-state index in [9.17, 15) is 56.8 Å². The highest BCUT2D eigenvalue weighted by molar-refractivity contribution is 7.92. The van der Waals surface area contributed by atoms with E-state index in [4.69, 9.17) is 0 Å². The van der Waals surface area contributed by atoms with Gasteiger partial charge in [-0.1, -0.05) is 24.3 Å². The monoisotopic (exact) mass is 674 g/mol. The smallest absolute Gasteiger partial charge is 0.340 e. The van der Waals surface area contributed by atoms with Crippen molar-refractivity contribution in [2.24, 2.45) is 5.41 Å². The van der Waals surface area contributed by atoms with Crippen molar-refractivity contribution in [2.45, 2.75) is 52.2 Å². The number of halogens is 8. The van der Waals surface area contributed by atoms with E-state index in [1.54, 1.807) is 0 Å². The predicted octanol–water partition coefficient (Wildman–Crippen LogP) is 4.18. The molecule has 7 nitrogen and oxygen atoms in total. The van der Waals surface area contributed by atoms with Gasteiger partial charge in [-0.15, -0.1) is 0 Å². The lowest BCUT2D eigenvalue weighted by molar-refractivity contribution is -0.348. The van der Waals surface area contributed by atoms with Crippen molar-refractivity contribution in [3.8, 4) is 0 Å². The third kappa shape index (κ3) is 4.89. The SMILES string of the molecule is O=C(N1CC[C@](c2ccc(C(F)(C(F)(F)F)C(F)(F)F)cc2)(S(=O)(=O)c2ccc(F)cc2)C1)C12CCS(=O)(=O)C(CNC1)C2. The normalized spacial score (nSPS) is 27.7. The molecular weight excluding hydrogens is 648 g/mol. The van der Waals surface area contributed by atoms with Crippen LogP contribution in [-0.2, 0) is 34.9 Å². The zero-order chi connectivity index (χ0) is 32.6. The molecule has 3 aliphatic heterocycles. The quantitative estimate of drug-likeness (QED) is 0.378. The summed E-state index contributed by atoms with van der Waals surface area (Å²) in [7, 11) is -8.09. The van der Waals surface area contributed by atoms with Crippen LogP contribution >= 0.6 is 0 Å². The second-order valence-electron chi connectivity index (χ2n) is 11.5. The zero-order valence-electron chi connectivity index (χ0n) is 22.7. The zero-order valence-corrected chi connectivity index (χ0v) is 24.3. The third-order valence-electron chi connectivity index (χ3n) is 9.03. The number of carbonyl (C=O) groups is 1.